The van der Waals surface area contributed by atoms with E-state index in [1.807, 2.05) is 66.9 Å². The first-order valence-corrected chi connectivity index (χ1v) is 12.6. The lowest BCUT2D eigenvalue weighted by Crippen LogP contribution is -2.46. The molecule has 4 heteroatoms. The number of rotatable bonds is 6. The van der Waals surface area contributed by atoms with E-state index >= 15 is 0 Å². The summed E-state index contributed by atoms with van der Waals surface area (Å²) in [5.41, 5.74) is 3.82. The van der Waals surface area contributed by atoms with Crippen molar-refractivity contribution in [3.8, 4) is 28.7 Å². The highest BCUT2D eigenvalue weighted by Gasteiger charge is 2.26. The molecule has 0 N–H and O–H groups in total. The lowest BCUT2D eigenvalue weighted by molar-refractivity contribution is 0.0712. The molecule has 34 heavy (non-hydrogen) atoms. The van der Waals surface area contributed by atoms with E-state index in [2.05, 4.69) is 42.5 Å². The van der Waals surface area contributed by atoms with Crippen molar-refractivity contribution in [2.75, 3.05) is 19.7 Å². The third kappa shape index (κ3) is 6.63. The Bertz CT molecular complexity index is 1100. The molecule has 0 amide bonds. The predicted octanol–water partition coefficient (Wildman–Crippen LogP) is 6.94. The van der Waals surface area contributed by atoms with Crippen molar-refractivity contribution in [2.24, 2.45) is 11.8 Å². The van der Waals surface area contributed by atoms with Crippen molar-refractivity contribution in [2.45, 2.75) is 39.7 Å². The second-order valence-corrected chi connectivity index (χ2v) is 9.99. The summed E-state index contributed by atoms with van der Waals surface area (Å²) in [5.74, 6) is 8.66. The van der Waals surface area contributed by atoms with Crippen LogP contribution in [0.15, 0.2) is 66.9 Å². The minimum absolute atomic E-state index is 0.453. The largest absolute Gasteiger partial charge is 0.492 e. The van der Waals surface area contributed by atoms with Crippen LogP contribution in [-0.4, -0.2) is 35.6 Å². The van der Waals surface area contributed by atoms with Gasteiger partial charge in [0.1, 0.15) is 18.1 Å². The smallest absolute Gasteiger partial charge is 0.119 e. The van der Waals surface area contributed by atoms with Gasteiger partial charge in [0.15, 0.2) is 0 Å². The monoisotopic (exact) mass is 472 g/mol. The van der Waals surface area contributed by atoms with Crippen molar-refractivity contribution in [3.05, 3.63) is 83.1 Å². The molecule has 0 radical (unpaired) electrons. The maximum absolute atomic E-state index is 6.18. The summed E-state index contributed by atoms with van der Waals surface area (Å²) in [6.45, 7) is 10.0. The highest BCUT2D eigenvalue weighted by molar-refractivity contribution is 6.30. The molecule has 176 valence electrons. The van der Waals surface area contributed by atoms with Crippen LogP contribution >= 0.6 is 11.6 Å². The maximum Gasteiger partial charge on any atom is 0.119 e. The third-order valence-corrected chi connectivity index (χ3v) is 6.86. The molecule has 1 aliphatic heterocycles. The van der Waals surface area contributed by atoms with Crippen LogP contribution in [0.2, 0.25) is 5.02 Å². The molecule has 0 spiro atoms. The van der Waals surface area contributed by atoms with Gasteiger partial charge in [-0.1, -0.05) is 56.5 Å². The first kappa shape index (κ1) is 24.3. The number of nitrogens with zero attached hydrogens (tertiary/aromatic N) is 2. The molecule has 0 unspecified atom stereocenters. The Kier molecular flexibility index (Phi) is 8.27. The van der Waals surface area contributed by atoms with Gasteiger partial charge in [0, 0.05) is 28.4 Å². The summed E-state index contributed by atoms with van der Waals surface area (Å²) in [6.07, 6.45) is 4.42. The van der Waals surface area contributed by atoms with E-state index in [0.29, 0.717) is 12.0 Å². The zero-order valence-electron chi connectivity index (χ0n) is 20.3. The average Bonchev–Trinajstić information content (AvgIpc) is 2.85. The summed E-state index contributed by atoms with van der Waals surface area (Å²) in [5, 5.41) is 0.729. The number of piperidine rings is 1. The summed E-state index contributed by atoms with van der Waals surface area (Å²) in [7, 11) is 0. The SMILES string of the molecule is CC1CCN([C@H](COc2ccc(C#Cc3ccc(-c4ccc(Cl)cc4)cn3)cc2)C(C)C)CC1. The van der Waals surface area contributed by atoms with Crippen LogP contribution < -0.4 is 4.74 Å². The minimum atomic E-state index is 0.453. The zero-order valence-corrected chi connectivity index (χ0v) is 21.1. The van der Waals surface area contributed by atoms with E-state index in [-0.39, 0.29) is 0 Å². The third-order valence-electron chi connectivity index (χ3n) is 6.61. The number of pyridine rings is 1. The Balaban J connectivity index is 1.33. The summed E-state index contributed by atoms with van der Waals surface area (Å²) in [6, 6.07) is 20.2. The van der Waals surface area contributed by atoms with Gasteiger partial charge < -0.3 is 4.74 Å². The first-order chi connectivity index (χ1) is 16.5. The molecule has 0 bridgehead atoms. The van der Waals surface area contributed by atoms with E-state index in [9.17, 15) is 0 Å². The molecule has 3 aromatic rings. The molecule has 1 atom stereocenters. The molecular weight excluding hydrogens is 440 g/mol. The van der Waals surface area contributed by atoms with Crippen LogP contribution in [0, 0.1) is 23.7 Å². The molecule has 3 nitrogen and oxygen atoms in total. The fourth-order valence-electron chi connectivity index (χ4n) is 4.31. The number of benzene rings is 2. The second kappa shape index (κ2) is 11.6. The molecule has 0 aliphatic carbocycles. The van der Waals surface area contributed by atoms with Gasteiger partial charge in [-0.2, -0.15) is 0 Å². The van der Waals surface area contributed by atoms with Gasteiger partial charge in [-0.25, -0.2) is 4.98 Å². The van der Waals surface area contributed by atoms with Crippen molar-refractivity contribution >= 4 is 11.6 Å². The lowest BCUT2D eigenvalue weighted by atomic mass is 9.95. The van der Waals surface area contributed by atoms with Crippen LogP contribution in [0.25, 0.3) is 11.1 Å². The second-order valence-electron chi connectivity index (χ2n) is 9.55. The van der Waals surface area contributed by atoms with Gasteiger partial charge in [0.2, 0.25) is 0 Å². The number of ether oxygens (including phenoxy) is 1. The lowest BCUT2D eigenvalue weighted by Gasteiger charge is -2.38. The van der Waals surface area contributed by atoms with Gasteiger partial charge in [0.25, 0.3) is 0 Å². The van der Waals surface area contributed by atoms with Gasteiger partial charge in [0.05, 0.1) is 0 Å². The molecule has 1 saturated heterocycles. The average molecular weight is 473 g/mol. The molecule has 2 heterocycles. The van der Waals surface area contributed by atoms with Crippen LogP contribution in [0.5, 0.6) is 5.75 Å². The Hall–Kier alpha value is -2.80. The van der Waals surface area contributed by atoms with Gasteiger partial charge in [-0.15, -0.1) is 0 Å². The van der Waals surface area contributed by atoms with Crippen molar-refractivity contribution in [3.63, 3.8) is 0 Å². The van der Waals surface area contributed by atoms with E-state index in [1.165, 1.54) is 25.9 Å². The normalized spacial score (nSPS) is 15.6. The van der Waals surface area contributed by atoms with E-state index in [1.54, 1.807) is 0 Å². The number of likely N-dealkylation sites (tertiary alicyclic amines) is 1. The molecule has 1 aliphatic rings. The van der Waals surface area contributed by atoms with E-state index < -0.39 is 0 Å². The van der Waals surface area contributed by atoms with Crippen molar-refractivity contribution in [1.29, 1.82) is 0 Å². The number of hydrogen-bond acceptors (Lipinski definition) is 3. The minimum Gasteiger partial charge on any atom is -0.492 e. The van der Waals surface area contributed by atoms with Gasteiger partial charge in [-0.3, -0.25) is 4.90 Å². The molecule has 0 saturated carbocycles. The Morgan fingerprint density at radius 2 is 1.62 bits per heavy atom. The first-order valence-electron chi connectivity index (χ1n) is 12.2. The van der Waals surface area contributed by atoms with Crippen molar-refractivity contribution < 1.29 is 4.74 Å². The quantitative estimate of drug-likeness (QED) is 0.363. The van der Waals surface area contributed by atoms with E-state index in [4.69, 9.17) is 16.3 Å². The molecule has 1 aromatic heterocycles. The molecule has 1 fully saturated rings. The number of hydrogen-bond donors (Lipinski definition) is 0. The van der Waals surface area contributed by atoms with Crippen LogP contribution in [-0.2, 0) is 0 Å². The fourth-order valence-corrected chi connectivity index (χ4v) is 4.44. The molecular formula is C30H33ClN2O. The standard InChI is InChI=1S/C30H33ClN2O/c1-22(2)30(33-18-16-23(3)17-19-33)21-34-29-14-5-24(6-15-29)4-12-28-13-9-26(20-32-28)25-7-10-27(31)11-8-25/h5-11,13-15,20,22-23,30H,16-19,21H2,1-3H3/t30-/m1/s1. The van der Waals surface area contributed by atoms with Crippen LogP contribution in [0.1, 0.15) is 44.9 Å². The Labute approximate surface area is 209 Å². The Morgan fingerprint density at radius 1 is 0.941 bits per heavy atom. The van der Waals surface area contributed by atoms with Gasteiger partial charge >= 0.3 is 0 Å². The fraction of sp³-hybridized carbons (Fsp3) is 0.367. The topological polar surface area (TPSA) is 25.4 Å². The Morgan fingerprint density at radius 3 is 2.24 bits per heavy atom. The molecule has 4 rings (SSSR count). The van der Waals surface area contributed by atoms with Gasteiger partial charge in [-0.05, 0) is 91.7 Å². The van der Waals surface area contributed by atoms with Crippen LogP contribution in [0.4, 0.5) is 0 Å². The summed E-state index contributed by atoms with van der Waals surface area (Å²) in [4.78, 5) is 7.10. The highest BCUT2D eigenvalue weighted by atomic mass is 35.5. The number of aromatic nitrogens is 1. The predicted molar refractivity (Wildman–Crippen MR) is 141 cm³/mol. The number of halogens is 1. The zero-order chi connectivity index (χ0) is 23.9. The van der Waals surface area contributed by atoms with Crippen molar-refractivity contribution in [1.82, 2.24) is 9.88 Å². The molecule has 2 aromatic carbocycles. The van der Waals surface area contributed by atoms with E-state index in [0.717, 1.165) is 45.7 Å². The van der Waals surface area contributed by atoms with Crippen LogP contribution in [0.3, 0.4) is 0 Å². The summed E-state index contributed by atoms with van der Waals surface area (Å²) >= 11 is 5.97. The summed E-state index contributed by atoms with van der Waals surface area (Å²) < 4.78 is 6.18. The maximum atomic E-state index is 6.18. The highest BCUT2D eigenvalue weighted by Crippen LogP contribution is 2.23.